The van der Waals surface area contributed by atoms with E-state index >= 15 is 0 Å². The minimum absolute atomic E-state index is 0.158. The second kappa shape index (κ2) is 4.59. The van der Waals surface area contributed by atoms with Crippen LogP contribution in [0.15, 0.2) is 54.6 Å². The van der Waals surface area contributed by atoms with E-state index in [1.165, 1.54) is 19.4 Å². The molecule has 0 fully saturated rings. The van der Waals surface area contributed by atoms with Gasteiger partial charge in [0, 0.05) is 0 Å². The molecule has 0 bridgehead atoms. The van der Waals surface area contributed by atoms with Crippen molar-refractivity contribution in [3.63, 3.8) is 0 Å². The van der Waals surface area contributed by atoms with Gasteiger partial charge in [-0.25, -0.2) is 0 Å². The van der Waals surface area contributed by atoms with Gasteiger partial charge in [0.05, 0.1) is 0 Å². The van der Waals surface area contributed by atoms with E-state index in [-0.39, 0.29) is 26.7 Å². The van der Waals surface area contributed by atoms with Gasteiger partial charge >= 0.3 is 93.0 Å². The SMILES string of the molecule is Fc1ccc([Te]c2ccccc2)cc1. The van der Waals surface area contributed by atoms with Crippen LogP contribution < -0.4 is 7.22 Å². The van der Waals surface area contributed by atoms with Gasteiger partial charge in [0.25, 0.3) is 0 Å². The van der Waals surface area contributed by atoms with Crippen molar-refractivity contribution in [3.8, 4) is 0 Å². The van der Waals surface area contributed by atoms with E-state index in [4.69, 9.17) is 0 Å². The molecule has 0 atom stereocenters. The molecule has 0 N–H and O–H groups in total. The molecule has 70 valence electrons. The third kappa shape index (κ3) is 2.57. The molecule has 0 spiro atoms. The Hall–Kier alpha value is -0.840. The van der Waals surface area contributed by atoms with Crippen molar-refractivity contribution in [1.29, 1.82) is 0 Å². The molecule has 14 heavy (non-hydrogen) atoms. The van der Waals surface area contributed by atoms with E-state index in [0.717, 1.165) is 0 Å². The summed E-state index contributed by atoms with van der Waals surface area (Å²) in [6.45, 7) is 0. The molecule has 2 heteroatoms. The first kappa shape index (κ1) is 9.70. The van der Waals surface area contributed by atoms with Gasteiger partial charge in [-0.2, -0.15) is 0 Å². The fourth-order valence-corrected chi connectivity index (χ4v) is 3.52. The van der Waals surface area contributed by atoms with Crippen LogP contribution in [0.2, 0.25) is 0 Å². The Balaban J connectivity index is 2.16. The fraction of sp³-hybridized carbons (Fsp3) is 0. The number of hydrogen-bond donors (Lipinski definition) is 0. The van der Waals surface area contributed by atoms with Gasteiger partial charge in [0.15, 0.2) is 0 Å². The van der Waals surface area contributed by atoms with Crippen molar-refractivity contribution in [1.82, 2.24) is 0 Å². The zero-order valence-corrected chi connectivity index (χ0v) is 9.81. The van der Waals surface area contributed by atoms with E-state index in [9.17, 15) is 4.39 Å². The molecule has 0 nitrogen and oxygen atoms in total. The maximum atomic E-state index is 12.6. The quantitative estimate of drug-likeness (QED) is 0.737. The van der Waals surface area contributed by atoms with Gasteiger partial charge in [0.2, 0.25) is 0 Å². The standard InChI is InChI=1S/C12H9FTe/c13-10-6-8-12(9-7-10)14-11-4-2-1-3-5-11/h1-9H. The zero-order chi connectivity index (χ0) is 9.80. The first-order valence-electron chi connectivity index (χ1n) is 4.33. The predicted octanol–water partition coefficient (Wildman–Crippen LogP) is 1.48. The van der Waals surface area contributed by atoms with Crippen LogP contribution >= 0.6 is 0 Å². The Bertz CT molecular complexity index is 394. The van der Waals surface area contributed by atoms with Crippen LogP contribution in [0.4, 0.5) is 4.39 Å². The Labute approximate surface area is 92.9 Å². The summed E-state index contributed by atoms with van der Waals surface area (Å²) in [6.07, 6.45) is 0. The van der Waals surface area contributed by atoms with E-state index in [1.54, 1.807) is 0 Å². The first-order valence-corrected chi connectivity index (χ1v) is 6.66. The van der Waals surface area contributed by atoms with Crippen molar-refractivity contribution in [3.05, 3.63) is 60.4 Å². The monoisotopic (exact) mass is 302 g/mol. The molecule has 0 aliphatic rings. The van der Waals surface area contributed by atoms with Gasteiger partial charge < -0.3 is 0 Å². The molecule has 0 aliphatic heterocycles. The van der Waals surface area contributed by atoms with Crippen LogP contribution in [0.3, 0.4) is 0 Å². The van der Waals surface area contributed by atoms with Crippen molar-refractivity contribution < 1.29 is 4.39 Å². The predicted molar refractivity (Wildman–Crippen MR) is 57.9 cm³/mol. The summed E-state index contributed by atoms with van der Waals surface area (Å²) >= 11 is -0.335. The molecule has 0 saturated heterocycles. The first-order chi connectivity index (χ1) is 6.84. The number of hydrogen-bond acceptors (Lipinski definition) is 0. The van der Waals surface area contributed by atoms with E-state index in [1.807, 2.05) is 30.3 Å². The summed E-state index contributed by atoms with van der Waals surface area (Å²) < 4.78 is 15.3. The molecular formula is C12H9FTe. The molecule has 2 rings (SSSR count). The molecule has 2 aromatic carbocycles. The Morgan fingerprint density at radius 1 is 0.714 bits per heavy atom. The third-order valence-corrected chi connectivity index (χ3v) is 4.69. The van der Waals surface area contributed by atoms with Crippen molar-refractivity contribution in [2.24, 2.45) is 0 Å². The average molecular weight is 300 g/mol. The normalized spacial score (nSPS) is 10.1. The summed E-state index contributed by atoms with van der Waals surface area (Å²) in [5, 5.41) is 0. The van der Waals surface area contributed by atoms with Gasteiger partial charge in [-0.15, -0.1) is 0 Å². The third-order valence-electron chi connectivity index (χ3n) is 1.79. The Morgan fingerprint density at radius 3 is 1.93 bits per heavy atom. The molecule has 0 unspecified atom stereocenters. The van der Waals surface area contributed by atoms with Crippen LogP contribution in [0, 0.1) is 5.82 Å². The summed E-state index contributed by atoms with van der Waals surface area (Å²) in [6, 6.07) is 17.2. The number of rotatable bonds is 2. The molecule has 0 saturated carbocycles. The number of benzene rings is 2. The number of halogens is 1. The summed E-state index contributed by atoms with van der Waals surface area (Å²) in [5.41, 5.74) is 0. The van der Waals surface area contributed by atoms with Crippen LogP contribution in [-0.2, 0) is 0 Å². The van der Waals surface area contributed by atoms with E-state index in [2.05, 4.69) is 12.1 Å². The summed E-state index contributed by atoms with van der Waals surface area (Å²) in [4.78, 5) is 0. The van der Waals surface area contributed by atoms with Crippen molar-refractivity contribution in [2.45, 2.75) is 0 Å². The average Bonchev–Trinajstić information content (AvgIpc) is 2.23. The Kier molecular flexibility index (Phi) is 3.18. The van der Waals surface area contributed by atoms with Crippen LogP contribution in [0.5, 0.6) is 0 Å². The van der Waals surface area contributed by atoms with Crippen LogP contribution in [-0.4, -0.2) is 20.9 Å². The molecule has 2 aromatic rings. The molecule has 0 heterocycles. The van der Waals surface area contributed by atoms with Gasteiger partial charge in [-0.1, -0.05) is 0 Å². The maximum absolute atomic E-state index is 12.6. The molecular weight excluding hydrogens is 291 g/mol. The molecule has 0 aromatic heterocycles. The summed E-state index contributed by atoms with van der Waals surface area (Å²) in [7, 11) is 0. The second-order valence-electron chi connectivity index (χ2n) is 2.87. The summed E-state index contributed by atoms with van der Waals surface area (Å²) in [5.74, 6) is -0.158. The van der Waals surface area contributed by atoms with Gasteiger partial charge in [-0.3, -0.25) is 0 Å². The Morgan fingerprint density at radius 2 is 1.29 bits per heavy atom. The van der Waals surface area contributed by atoms with E-state index in [0.29, 0.717) is 0 Å². The van der Waals surface area contributed by atoms with Gasteiger partial charge in [-0.05, 0) is 0 Å². The molecule has 0 amide bonds. The second-order valence-corrected chi connectivity index (χ2v) is 6.14. The molecule has 0 radical (unpaired) electrons. The molecule has 0 aliphatic carbocycles. The zero-order valence-electron chi connectivity index (χ0n) is 7.48. The topological polar surface area (TPSA) is 0 Å². The minimum atomic E-state index is -0.335. The van der Waals surface area contributed by atoms with E-state index < -0.39 is 0 Å². The van der Waals surface area contributed by atoms with Crippen molar-refractivity contribution in [2.75, 3.05) is 0 Å². The van der Waals surface area contributed by atoms with Crippen molar-refractivity contribution >= 4 is 28.1 Å². The van der Waals surface area contributed by atoms with Gasteiger partial charge in [0.1, 0.15) is 0 Å². The van der Waals surface area contributed by atoms with Crippen LogP contribution in [0.1, 0.15) is 0 Å². The van der Waals surface area contributed by atoms with Crippen LogP contribution in [0.25, 0.3) is 0 Å². The fourth-order valence-electron chi connectivity index (χ4n) is 1.13.